The average Bonchev–Trinajstić information content (AvgIpc) is 3.33. The van der Waals surface area contributed by atoms with Gasteiger partial charge in [0.15, 0.2) is 5.82 Å². The number of nitrogens with zero attached hydrogens (tertiary/aromatic N) is 5. The summed E-state index contributed by atoms with van der Waals surface area (Å²) in [6.07, 6.45) is 3.52. The van der Waals surface area contributed by atoms with Crippen LogP contribution in [0.25, 0.3) is 0 Å². The number of alkyl halides is 1. The first kappa shape index (κ1) is 28.0. The number of hydrogen-bond donors (Lipinski definition) is 1. The van der Waals surface area contributed by atoms with E-state index >= 15 is 4.39 Å². The Bertz CT molecular complexity index is 1350. The number of amides is 1. The Morgan fingerprint density at radius 1 is 1.15 bits per heavy atom. The van der Waals surface area contributed by atoms with Gasteiger partial charge in [0.25, 0.3) is 11.8 Å². The summed E-state index contributed by atoms with van der Waals surface area (Å²) in [6, 6.07) is 14.9. The molecule has 9 nitrogen and oxygen atoms in total. The second-order valence-corrected chi connectivity index (χ2v) is 11.1. The first-order chi connectivity index (χ1) is 18.8. The normalized spacial score (nSPS) is 19.0. The number of hydrogen-bond acceptors (Lipinski definition) is 8. The number of carbonyl (C=O) groups is 1. The number of carbonyl (C=O) groups excluding carboxylic acids is 1. The number of nitrogens with one attached hydrogen (secondary N) is 1. The number of benzene rings is 2. The first-order valence-corrected chi connectivity index (χ1v) is 13.4. The molecule has 212 valence electrons. The van der Waals surface area contributed by atoms with Crippen molar-refractivity contribution in [3.8, 4) is 11.6 Å². The molecule has 6 rings (SSSR count). The molecule has 2 aliphatic heterocycles. The molecule has 2 aromatic carbocycles. The topological polar surface area (TPSA) is 92.7 Å². The largest absolute Gasteiger partial charge is 0.490 e. The van der Waals surface area contributed by atoms with E-state index in [4.69, 9.17) is 9.47 Å². The first-order valence-electron chi connectivity index (χ1n) is 13.4. The fourth-order valence-corrected chi connectivity index (χ4v) is 5.84. The van der Waals surface area contributed by atoms with Crippen molar-refractivity contribution >= 4 is 24.1 Å². The summed E-state index contributed by atoms with van der Waals surface area (Å²) in [7, 11) is 0. The fraction of sp³-hybridized carbons (Fsp3) is 0.448. The lowest BCUT2D eigenvalue weighted by molar-refractivity contribution is -0.0351. The molecular weight excluding hydrogens is 535 g/mol. The van der Waals surface area contributed by atoms with Gasteiger partial charge < -0.3 is 19.7 Å². The van der Waals surface area contributed by atoms with Crippen LogP contribution < -0.4 is 19.7 Å². The fourth-order valence-electron chi connectivity index (χ4n) is 5.84. The van der Waals surface area contributed by atoms with Crippen molar-refractivity contribution in [2.24, 2.45) is 5.41 Å². The van der Waals surface area contributed by atoms with Crippen molar-refractivity contribution in [3.63, 3.8) is 0 Å². The molecule has 0 bridgehead atoms. The van der Waals surface area contributed by atoms with Crippen LogP contribution in [0.4, 0.5) is 10.2 Å². The Morgan fingerprint density at radius 3 is 2.67 bits per heavy atom. The van der Waals surface area contributed by atoms with E-state index in [1.54, 1.807) is 30.3 Å². The second-order valence-electron chi connectivity index (χ2n) is 11.1. The third-order valence-corrected chi connectivity index (χ3v) is 7.88. The van der Waals surface area contributed by atoms with Crippen LogP contribution >= 0.6 is 12.4 Å². The molecule has 0 radical (unpaired) electrons. The summed E-state index contributed by atoms with van der Waals surface area (Å²) in [5.41, 5.74) is 3.24. The van der Waals surface area contributed by atoms with Crippen molar-refractivity contribution in [3.05, 3.63) is 71.5 Å². The number of halogens is 2. The highest BCUT2D eigenvalue weighted by Crippen LogP contribution is 2.51. The van der Waals surface area contributed by atoms with E-state index in [-0.39, 0.29) is 29.8 Å². The minimum absolute atomic E-state index is 0. The Morgan fingerprint density at radius 2 is 1.93 bits per heavy atom. The molecule has 11 heteroatoms. The van der Waals surface area contributed by atoms with Gasteiger partial charge in [-0.1, -0.05) is 37.3 Å². The number of aromatic nitrogens is 3. The molecule has 1 amide bonds. The highest BCUT2D eigenvalue weighted by molar-refractivity contribution is 5.94. The molecule has 1 aromatic heterocycles. The van der Waals surface area contributed by atoms with Crippen LogP contribution in [0.15, 0.2) is 54.9 Å². The van der Waals surface area contributed by atoms with E-state index in [1.807, 2.05) is 0 Å². The minimum Gasteiger partial charge on any atom is -0.490 e. The zero-order valence-corrected chi connectivity index (χ0v) is 23.5. The van der Waals surface area contributed by atoms with Crippen molar-refractivity contribution in [2.75, 3.05) is 31.1 Å². The molecule has 1 spiro atoms. The molecule has 3 aromatic rings. The molecule has 1 saturated heterocycles. The van der Waals surface area contributed by atoms with E-state index in [0.29, 0.717) is 11.4 Å². The van der Waals surface area contributed by atoms with Crippen molar-refractivity contribution < 1.29 is 18.7 Å². The van der Waals surface area contributed by atoms with Gasteiger partial charge in [0.1, 0.15) is 24.8 Å². The van der Waals surface area contributed by atoms with E-state index in [2.05, 4.69) is 55.4 Å². The molecular formula is C29H34ClFN6O3. The molecule has 3 heterocycles. The number of ether oxygens (including phenoxy) is 2. The summed E-state index contributed by atoms with van der Waals surface area (Å²) in [6.45, 7) is 7.60. The molecule has 1 unspecified atom stereocenters. The third kappa shape index (κ3) is 5.69. The smallest absolute Gasteiger partial charge is 0.277 e. The molecule has 2 fully saturated rings. The highest BCUT2D eigenvalue weighted by atomic mass is 35.5. The summed E-state index contributed by atoms with van der Waals surface area (Å²) in [5, 5.41) is 10.2. The number of fused-ring (bicyclic) bond motifs is 1. The van der Waals surface area contributed by atoms with Crippen LogP contribution in [0.3, 0.4) is 0 Å². The molecule has 40 heavy (non-hydrogen) atoms. The number of anilines is 1. The summed E-state index contributed by atoms with van der Waals surface area (Å²) in [5.74, 6) is -0.925. The molecule has 1 atom stereocenters. The minimum atomic E-state index is -2.11. The monoisotopic (exact) mass is 568 g/mol. The van der Waals surface area contributed by atoms with Gasteiger partial charge in [-0.05, 0) is 50.1 Å². The molecule has 3 aliphatic rings. The van der Waals surface area contributed by atoms with Gasteiger partial charge in [0.2, 0.25) is 5.79 Å². The van der Waals surface area contributed by atoms with E-state index in [0.717, 1.165) is 51.3 Å². The van der Waals surface area contributed by atoms with Gasteiger partial charge in [-0.15, -0.1) is 22.6 Å². The van der Waals surface area contributed by atoms with Crippen LogP contribution in [0.5, 0.6) is 11.6 Å². The quantitative estimate of drug-likeness (QED) is 0.385. The average molecular weight is 569 g/mol. The van der Waals surface area contributed by atoms with Gasteiger partial charge in [-0.2, -0.15) is 0 Å². The van der Waals surface area contributed by atoms with Gasteiger partial charge >= 0.3 is 0 Å². The third-order valence-electron chi connectivity index (χ3n) is 7.88. The van der Waals surface area contributed by atoms with Crippen LogP contribution in [0.1, 0.15) is 48.2 Å². The van der Waals surface area contributed by atoms with Crippen molar-refractivity contribution in [1.29, 1.82) is 0 Å². The van der Waals surface area contributed by atoms with E-state index in [9.17, 15) is 4.79 Å². The maximum Gasteiger partial charge on any atom is 0.277 e. The van der Waals surface area contributed by atoms with E-state index in [1.165, 1.54) is 24.4 Å². The lowest BCUT2D eigenvalue weighted by Gasteiger charge is -2.58. The molecule has 1 N–H and O–H groups in total. The summed E-state index contributed by atoms with van der Waals surface area (Å²) in [4.78, 5) is 21.2. The summed E-state index contributed by atoms with van der Waals surface area (Å²) >= 11 is 0. The van der Waals surface area contributed by atoms with Gasteiger partial charge in [-0.3, -0.25) is 9.69 Å². The van der Waals surface area contributed by atoms with Crippen LogP contribution in [-0.4, -0.2) is 64.1 Å². The molecule has 1 aliphatic carbocycles. The predicted octanol–water partition coefficient (Wildman–Crippen LogP) is 4.17. The Labute approximate surface area is 239 Å². The van der Waals surface area contributed by atoms with Gasteiger partial charge in [0.05, 0.1) is 0 Å². The zero-order chi connectivity index (χ0) is 27.0. The maximum atomic E-state index is 15.1. The van der Waals surface area contributed by atoms with Crippen molar-refractivity contribution in [2.45, 2.75) is 51.7 Å². The Kier molecular flexibility index (Phi) is 7.83. The summed E-state index contributed by atoms with van der Waals surface area (Å²) < 4.78 is 27.2. The maximum absolute atomic E-state index is 15.1. The van der Waals surface area contributed by atoms with Crippen LogP contribution in [-0.2, 0) is 13.1 Å². The van der Waals surface area contributed by atoms with Crippen LogP contribution in [0, 0.1) is 5.41 Å². The number of rotatable bonds is 9. The second kappa shape index (κ2) is 11.2. The lowest BCUT2D eigenvalue weighted by Crippen LogP contribution is -2.65. The van der Waals surface area contributed by atoms with Gasteiger partial charge in [0, 0.05) is 42.7 Å². The van der Waals surface area contributed by atoms with Gasteiger partial charge in [-0.25, -0.2) is 9.37 Å². The predicted molar refractivity (Wildman–Crippen MR) is 151 cm³/mol. The van der Waals surface area contributed by atoms with Crippen molar-refractivity contribution in [1.82, 2.24) is 25.4 Å². The van der Waals surface area contributed by atoms with E-state index < -0.39 is 18.3 Å². The Hall–Kier alpha value is -3.50. The SMILES string of the molecule is CCN1Cc2cccc(OC3CC4(C3)CN(c3ncnnc3OCC(C)(F)NC(=O)c3ccccc3)C4)c2C1.Cl. The van der Waals surface area contributed by atoms with Crippen LogP contribution in [0.2, 0.25) is 0 Å². The standard InChI is InChI=1S/C29H33FN6O3.ClH/c1-3-35-14-21-10-7-11-24(23(21)15-35)39-22-12-29(13-22)16-36(17-29)25-27(34-32-19-31-25)38-18-28(2,30)33-26(37)20-8-5-4-6-9-20;/h4-11,19,22H,3,12-18H2,1-2H3,(H,33,37);1H. The Balaban J connectivity index is 0.00000323. The highest BCUT2D eigenvalue weighted by Gasteiger charge is 2.54. The molecule has 1 saturated carbocycles. The lowest BCUT2D eigenvalue weighted by atomic mass is 9.61. The zero-order valence-electron chi connectivity index (χ0n) is 22.7.